The monoisotopic (exact) mass is 474 g/mol. The van der Waals surface area contributed by atoms with Crippen molar-refractivity contribution < 1.29 is 19.0 Å². The number of aromatic nitrogens is 3. The van der Waals surface area contributed by atoms with Crippen LogP contribution in [0.2, 0.25) is 0 Å². The van der Waals surface area contributed by atoms with Gasteiger partial charge in [-0.3, -0.25) is 0 Å². The molecule has 33 heavy (non-hydrogen) atoms. The summed E-state index contributed by atoms with van der Waals surface area (Å²) in [5.41, 5.74) is 2.06. The first-order valence-corrected chi connectivity index (χ1v) is 12.6. The van der Waals surface area contributed by atoms with Crippen molar-refractivity contribution in [1.29, 1.82) is 0 Å². The number of thioether (sulfide) groups is 1. The van der Waals surface area contributed by atoms with Crippen LogP contribution in [0.1, 0.15) is 65.0 Å². The summed E-state index contributed by atoms with van der Waals surface area (Å²) >= 11 is 1.55. The molecule has 0 spiro atoms. The number of benzene rings is 1. The van der Waals surface area contributed by atoms with Crippen LogP contribution in [0, 0.1) is 0 Å². The van der Waals surface area contributed by atoms with E-state index >= 15 is 0 Å². The molecule has 2 aromatic rings. The number of esters is 1. The Kier molecular flexibility index (Phi) is 9.05. The fourth-order valence-electron chi connectivity index (χ4n) is 3.58. The molecule has 1 aliphatic heterocycles. The minimum atomic E-state index is -0.493. The molecule has 1 atom stereocenters. The second-order valence-corrected chi connectivity index (χ2v) is 8.99. The molecule has 2 heterocycles. The molecular formula is C24H34N4O4S. The normalized spacial score (nSPS) is 15.1. The van der Waals surface area contributed by atoms with Gasteiger partial charge in [-0.05, 0) is 43.2 Å². The number of methoxy groups -OCH3 is 1. The molecular weight excluding hydrogens is 440 g/mol. The molecule has 1 N–H and O–H groups in total. The zero-order valence-electron chi connectivity index (χ0n) is 20.1. The van der Waals surface area contributed by atoms with Crippen molar-refractivity contribution in [1.82, 2.24) is 14.8 Å². The Morgan fingerprint density at radius 2 is 1.91 bits per heavy atom. The maximum absolute atomic E-state index is 13.2. The lowest BCUT2D eigenvalue weighted by atomic mass is 9.95. The molecule has 0 radical (unpaired) electrons. The Morgan fingerprint density at radius 1 is 1.15 bits per heavy atom. The number of fused-ring (bicyclic) bond motifs is 1. The Bertz CT molecular complexity index is 989. The smallest absolute Gasteiger partial charge is 0.338 e. The Hall–Kier alpha value is -2.68. The highest BCUT2D eigenvalue weighted by molar-refractivity contribution is 7.99. The molecule has 0 aliphatic carbocycles. The first kappa shape index (κ1) is 25.0. The molecule has 0 bridgehead atoms. The molecule has 0 amide bonds. The number of nitrogens with zero attached hydrogens (tertiary/aromatic N) is 3. The second-order valence-electron chi connectivity index (χ2n) is 7.76. The second kappa shape index (κ2) is 12.0. The van der Waals surface area contributed by atoms with Gasteiger partial charge in [0.05, 0.1) is 25.9 Å². The van der Waals surface area contributed by atoms with Crippen LogP contribution in [0.25, 0.3) is 0 Å². The number of hydrogen-bond acceptors (Lipinski definition) is 8. The molecule has 1 aromatic heterocycles. The fraction of sp³-hybridized carbons (Fsp3) is 0.542. The van der Waals surface area contributed by atoms with Gasteiger partial charge in [0.15, 0.2) is 11.5 Å². The van der Waals surface area contributed by atoms with Crippen molar-refractivity contribution in [3.8, 4) is 11.5 Å². The number of rotatable bonds is 12. The van der Waals surface area contributed by atoms with Crippen LogP contribution in [0.5, 0.6) is 11.5 Å². The number of carbonyl (C=O) groups is 1. The summed E-state index contributed by atoms with van der Waals surface area (Å²) < 4.78 is 18.9. The topological polar surface area (TPSA) is 87.5 Å². The van der Waals surface area contributed by atoms with Gasteiger partial charge in [-0.25, -0.2) is 9.48 Å². The lowest BCUT2D eigenvalue weighted by Crippen LogP contribution is -2.29. The first-order chi connectivity index (χ1) is 16.0. The third-order valence-electron chi connectivity index (χ3n) is 5.32. The summed E-state index contributed by atoms with van der Waals surface area (Å²) in [7, 11) is 1.62. The third-order valence-corrected chi connectivity index (χ3v) is 6.04. The van der Waals surface area contributed by atoms with E-state index in [1.165, 1.54) is 0 Å². The van der Waals surface area contributed by atoms with E-state index in [1.807, 2.05) is 25.1 Å². The SMILES string of the molecule is CCCCOC(=O)C1=C(C)Nc2nc(SCC)nn2C1c1ccc(OCCCC)c(OC)c1. The summed E-state index contributed by atoms with van der Waals surface area (Å²) in [4.78, 5) is 17.8. The molecule has 1 aliphatic rings. The molecule has 0 saturated heterocycles. The van der Waals surface area contributed by atoms with Crippen LogP contribution in [0.15, 0.2) is 34.6 Å². The average Bonchev–Trinajstić information content (AvgIpc) is 3.20. The summed E-state index contributed by atoms with van der Waals surface area (Å²) in [6.45, 7) is 9.11. The third kappa shape index (κ3) is 5.82. The molecule has 1 unspecified atom stereocenters. The van der Waals surface area contributed by atoms with Crippen LogP contribution in [-0.2, 0) is 9.53 Å². The number of ether oxygens (including phenoxy) is 3. The predicted octanol–water partition coefficient (Wildman–Crippen LogP) is 5.21. The Balaban J connectivity index is 2.03. The van der Waals surface area contributed by atoms with Gasteiger partial charge in [-0.1, -0.05) is 51.4 Å². The van der Waals surface area contributed by atoms with Crippen LogP contribution in [0.4, 0.5) is 5.95 Å². The largest absolute Gasteiger partial charge is 0.493 e. The molecule has 1 aromatic carbocycles. The molecule has 0 fully saturated rings. The van der Waals surface area contributed by atoms with Gasteiger partial charge in [-0.2, -0.15) is 4.98 Å². The minimum absolute atomic E-state index is 0.355. The maximum atomic E-state index is 13.2. The van der Waals surface area contributed by atoms with E-state index in [4.69, 9.17) is 19.3 Å². The number of unbranched alkanes of at least 4 members (excludes halogenated alkanes) is 2. The van der Waals surface area contributed by atoms with Crippen LogP contribution < -0.4 is 14.8 Å². The zero-order valence-corrected chi connectivity index (χ0v) is 21.0. The molecule has 9 heteroatoms. The quantitative estimate of drug-likeness (QED) is 0.255. The Labute approximate surface area is 200 Å². The van der Waals surface area contributed by atoms with Crippen LogP contribution in [0.3, 0.4) is 0 Å². The van der Waals surface area contributed by atoms with Crippen LogP contribution in [-0.4, -0.2) is 46.8 Å². The number of allylic oxidation sites excluding steroid dienone is 1. The number of anilines is 1. The van der Waals surface area contributed by atoms with Crippen molar-refractivity contribution >= 4 is 23.7 Å². The van der Waals surface area contributed by atoms with Gasteiger partial charge in [0.25, 0.3) is 0 Å². The molecule has 3 rings (SSSR count). The van der Waals surface area contributed by atoms with E-state index in [1.54, 1.807) is 23.6 Å². The van der Waals surface area contributed by atoms with Crippen LogP contribution >= 0.6 is 11.8 Å². The van der Waals surface area contributed by atoms with E-state index in [-0.39, 0.29) is 5.97 Å². The van der Waals surface area contributed by atoms with E-state index < -0.39 is 6.04 Å². The summed E-state index contributed by atoms with van der Waals surface area (Å²) in [5.74, 6) is 2.39. The number of nitrogens with one attached hydrogen (secondary N) is 1. The lowest BCUT2D eigenvalue weighted by Gasteiger charge is -2.28. The predicted molar refractivity (Wildman–Crippen MR) is 130 cm³/mol. The first-order valence-electron chi connectivity index (χ1n) is 11.6. The van der Waals surface area contributed by atoms with Crippen molar-refractivity contribution in [3.05, 3.63) is 35.0 Å². The summed E-state index contributed by atoms with van der Waals surface area (Å²) in [6, 6.07) is 5.25. The van der Waals surface area contributed by atoms with Gasteiger partial charge in [0, 0.05) is 5.70 Å². The van der Waals surface area contributed by atoms with Gasteiger partial charge in [0.1, 0.15) is 6.04 Å². The van der Waals surface area contributed by atoms with Gasteiger partial charge < -0.3 is 19.5 Å². The highest BCUT2D eigenvalue weighted by Gasteiger charge is 2.35. The van der Waals surface area contributed by atoms with E-state index in [2.05, 4.69) is 31.1 Å². The van der Waals surface area contributed by atoms with Crippen molar-refractivity contribution in [2.45, 2.75) is 64.6 Å². The Morgan fingerprint density at radius 3 is 2.61 bits per heavy atom. The highest BCUT2D eigenvalue weighted by atomic mass is 32.2. The minimum Gasteiger partial charge on any atom is -0.493 e. The summed E-state index contributed by atoms with van der Waals surface area (Å²) in [6.07, 6.45) is 3.79. The van der Waals surface area contributed by atoms with E-state index in [0.29, 0.717) is 47.1 Å². The van der Waals surface area contributed by atoms with Crippen molar-refractivity contribution in [3.63, 3.8) is 0 Å². The zero-order chi connectivity index (χ0) is 23.8. The average molecular weight is 475 g/mol. The number of carbonyl (C=O) groups excluding carboxylic acids is 1. The van der Waals surface area contributed by atoms with Gasteiger partial charge >= 0.3 is 5.97 Å². The summed E-state index contributed by atoms with van der Waals surface area (Å²) in [5, 5.41) is 8.58. The van der Waals surface area contributed by atoms with E-state index in [9.17, 15) is 4.79 Å². The maximum Gasteiger partial charge on any atom is 0.338 e. The highest BCUT2D eigenvalue weighted by Crippen LogP contribution is 2.39. The molecule has 0 saturated carbocycles. The molecule has 180 valence electrons. The lowest BCUT2D eigenvalue weighted by molar-refractivity contribution is -0.139. The van der Waals surface area contributed by atoms with Gasteiger partial charge in [-0.15, -0.1) is 5.10 Å². The van der Waals surface area contributed by atoms with Crippen molar-refractivity contribution in [2.24, 2.45) is 0 Å². The number of hydrogen-bond donors (Lipinski definition) is 1. The molecule has 8 nitrogen and oxygen atoms in total. The van der Waals surface area contributed by atoms with Gasteiger partial charge in [0.2, 0.25) is 11.1 Å². The standard InChI is InChI=1S/C24H34N4O4S/c1-6-9-13-31-18-12-11-17(15-19(18)30-5)21-20(22(29)32-14-10-7-2)16(4)25-23-26-24(33-8-3)27-28(21)23/h11-12,15,21H,6-10,13-14H2,1-5H3,(H,25,26,27). The van der Waals surface area contributed by atoms with E-state index in [0.717, 1.165) is 37.0 Å². The van der Waals surface area contributed by atoms with Crippen molar-refractivity contribution in [2.75, 3.05) is 31.4 Å². The fourth-order valence-corrected chi connectivity index (χ4v) is 4.14.